The number of carbonyl (C=O) groups is 3. The van der Waals surface area contributed by atoms with E-state index in [0.29, 0.717) is 15.6 Å². The third kappa shape index (κ3) is 4.97. The zero-order valence-corrected chi connectivity index (χ0v) is 25.1. The lowest BCUT2D eigenvalue weighted by atomic mass is 9.83. The largest absolute Gasteiger partial charge is 0.325 e. The van der Waals surface area contributed by atoms with E-state index in [1.54, 1.807) is 12.1 Å². The molecule has 0 radical (unpaired) electrons. The number of hydrogen-bond donors (Lipinski definition) is 1. The highest BCUT2D eigenvalue weighted by Crippen LogP contribution is 2.54. The molecule has 2 aliphatic heterocycles. The summed E-state index contributed by atoms with van der Waals surface area (Å²) in [5.41, 5.74) is 2.45. The van der Waals surface area contributed by atoms with Crippen molar-refractivity contribution < 1.29 is 19.3 Å². The van der Waals surface area contributed by atoms with Gasteiger partial charge in [-0.25, -0.2) is 4.90 Å². The number of halogens is 1. The van der Waals surface area contributed by atoms with Crippen molar-refractivity contribution in [3.63, 3.8) is 0 Å². The van der Waals surface area contributed by atoms with Gasteiger partial charge >= 0.3 is 4.87 Å². The average Bonchev–Trinajstić information content (AvgIpc) is 3.40. The SMILES string of the molecule is Cc1ccc(NC(=O)Cn2c3c(sc2=O)[C@@H](c2cccc(Br)c2)[C@@H]2C(=O)N(c4ccc([N+](=O)[O-])cc4)C(=O)[C@@H]2S3)cc1. The molecule has 1 N–H and O–H groups in total. The monoisotopic (exact) mass is 664 g/mol. The van der Waals surface area contributed by atoms with Gasteiger partial charge in [0.15, 0.2) is 0 Å². The van der Waals surface area contributed by atoms with Crippen LogP contribution in [0.25, 0.3) is 0 Å². The number of nitrogens with zero attached hydrogens (tertiary/aromatic N) is 3. The van der Waals surface area contributed by atoms with Crippen molar-refractivity contribution in [3.05, 3.63) is 113 Å². The van der Waals surface area contributed by atoms with Crippen molar-refractivity contribution in [1.29, 1.82) is 0 Å². The molecule has 1 saturated heterocycles. The maximum absolute atomic E-state index is 13.9. The molecule has 0 aliphatic carbocycles. The van der Waals surface area contributed by atoms with Gasteiger partial charge in [-0.2, -0.15) is 0 Å². The third-order valence-corrected chi connectivity index (χ3v) is 10.3. The van der Waals surface area contributed by atoms with E-state index in [-0.39, 0.29) is 22.8 Å². The third-order valence-electron chi connectivity index (χ3n) is 7.21. The van der Waals surface area contributed by atoms with E-state index in [4.69, 9.17) is 0 Å². The Morgan fingerprint density at radius 2 is 1.74 bits per heavy atom. The van der Waals surface area contributed by atoms with Crippen molar-refractivity contribution in [1.82, 2.24) is 4.57 Å². The van der Waals surface area contributed by atoms with Gasteiger partial charge in [-0.3, -0.25) is 33.9 Å². The number of aryl methyl sites for hydroxylation is 1. The van der Waals surface area contributed by atoms with Crippen molar-refractivity contribution in [3.8, 4) is 0 Å². The normalized spacial score (nSPS) is 19.4. The molecule has 3 heterocycles. The molecule has 13 heteroatoms. The van der Waals surface area contributed by atoms with Crippen LogP contribution < -0.4 is 15.1 Å². The van der Waals surface area contributed by atoms with E-state index in [0.717, 1.165) is 43.6 Å². The van der Waals surface area contributed by atoms with E-state index < -0.39 is 39.7 Å². The van der Waals surface area contributed by atoms with Crippen molar-refractivity contribution >= 4 is 73.8 Å². The molecule has 1 fully saturated rings. The molecule has 3 atom stereocenters. The molecule has 42 heavy (non-hydrogen) atoms. The fourth-order valence-corrected chi connectivity index (χ4v) is 8.46. The number of imide groups is 1. The lowest BCUT2D eigenvalue weighted by Crippen LogP contribution is -2.33. The minimum absolute atomic E-state index is 0.160. The summed E-state index contributed by atoms with van der Waals surface area (Å²) >= 11 is 5.56. The maximum atomic E-state index is 13.9. The standard InChI is InChI=1S/C29H21BrN4O6S2/c1-15-5-7-18(8-6-15)31-21(35)14-32-28-25(42-29(32)38)22(16-3-2-4-17(30)13-16)23-24(41-28)27(37)33(26(23)36)19-9-11-20(12-10-19)34(39)40/h2-13,22-24H,14H2,1H3,(H,31,35)/t22-,23-,24+/m0/s1. The maximum Gasteiger partial charge on any atom is 0.308 e. The summed E-state index contributed by atoms with van der Waals surface area (Å²) in [5, 5.41) is 13.5. The topological polar surface area (TPSA) is 132 Å². The molecule has 0 spiro atoms. The first-order valence-corrected chi connectivity index (χ1v) is 15.3. The van der Waals surface area contributed by atoms with Crippen LogP contribution in [0.5, 0.6) is 0 Å². The van der Waals surface area contributed by atoms with Gasteiger partial charge in [0.25, 0.3) is 5.69 Å². The minimum Gasteiger partial charge on any atom is -0.325 e. The highest BCUT2D eigenvalue weighted by Gasteiger charge is 2.56. The second-order valence-corrected chi connectivity index (χ2v) is 13.0. The van der Waals surface area contributed by atoms with Crippen LogP contribution in [0.4, 0.5) is 17.1 Å². The Bertz CT molecular complexity index is 1820. The zero-order chi connectivity index (χ0) is 29.7. The lowest BCUT2D eigenvalue weighted by Gasteiger charge is -2.30. The number of fused-ring (bicyclic) bond motifs is 2. The van der Waals surface area contributed by atoms with Gasteiger partial charge in [0.1, 0.15) is 11.8 Å². The molecule has 0 saturated carbocycles. The number of amides is 3. The Balaban J connectivity index is 1.40. The summed E-state index contributed by atoms with van der Waals surface area (Å²) in [6, 6.07) is 19.9. The van der Waals surface area contributed by atoms with E-state index in [1.165, 1.54) is 28.8 Å². The van der Waals surface area contributed by atoms with E-state index >= 15 is 0 Å². The van der Waals surface area contributed by atoms with Crippen molar-refractivity contribution in [2.24, 2.45) is 5.92 Å². The number of nitro groups is 1. The highest BCUT2D eigenvalue weighted by atomic mass is 79.9. The number of nitro benzene ring substituents is 1. The Labute approximate surface area is 255 Å². The first-order valence-electron chi connectivity index (χ1n) is 12.8. The number of rotatable bonds is 6. The second kappa shape index (κ2) is 11.0. The fourth-order valence-electron chi connectivity index (χ4n) is 5.27. The van der Waals surface area contributed by atoms with Gasteiger partial charge in [0, 0.05) is 33.1 Å². The molecule has 6 rings (SSSR count). The van der Waals surface area contributed by atoms with Crippen LogP contribution in [-0.4, -0.2) is 32.5 Å². The minimum atomic E-state index is -0.871. The first kappa shape index (κ1) is 28.1. The molecular formula is C29H21BrN4O6S2. The Morgan fingerprint density at radius 3 is 2.40 bits per heavy atom. The Kier molecular flexibility index (Phi) is 7.33. The summed E-state index contributed by atoms with van der Waals surface area (Å²) in [5.74, 6) is -2.78. The molecule has 2 aliphatic rings. The molecule has 4 aromatic rings. The Hall–Kier alpha value is -4.07. The molecule has 3 aromatic carbocycles. The van der Waals surface area contributed by atoms with Gasteiger partial charge < -0.3 is 5.32 Å². The number of nitrogens with one attached hydrogen (secondary N) is 1. The molecule has 1 aromatic heterocycles. The number of thioether (sulfide) groups is 1. The number of carbonyl (C=O) groups excluding carboxylic acids is 3. The van der Waals surface area contributed by atoms with Gasteiger partial charge in [-0.15, -0.1) is 0 Å². The second-order valence-electron chi connectivity index (χ2n) is 9.92. The predicted octanol–water partition coefficient (Wildman–Crippen LogP) is 5.32. The number of non-ortho nitro benzene ring substituents is 1. The zero-order valence-electron chi connectivity index (χ0n) is 21.9. The van der Waals surface area contributed by atoms with Gasteiger partial charge in [0.2, 0.25) is 17.7 Å². The molecular weight excluding hydrogens is 644 g/mol. The first-order chi connectivity index (χ1) is 20.1. The summed E-state index contributed by atoms with van der Waals surface area (Å²) in [4.78, 5) is 65.9. The van der Waals surface area contributed by atoms with Crippen LogP contribution in [0.15, 0.2) is 87.1 Å². The Morgan fingerprint density at radius 1 is 1.02 bits per heavy atom. The number of aromatic nitrogens is 1. The highest BCUT2D eigenvalue weighted by molar-refractivity contribution is 9.10. The summed E-state index contributed by atoms with van der Waals surface area (Å²) in [7, 11) is 0. The predicted molar refractivity (Wildman–Crippen MR) is 163 cm³/mol. The van der Waals surface area contributed by atoms with Crippen molar-refractivity contribution in [2.45, 2.75) is 29.7 Å². The number of benzene rings is 3. The van der Waals surface area contributed by atoms with E-state index in [1.807, 2.05) is 43.3 Å². The summed E-state index contributed by atoms with van der Waals surface area (Å²) in [6.07, 6.45) is 0. The lowest BCUT2D eigenvalue weighted by molar-refractivity contribution is -0.384. The summed E-state index contributed by atoms with van der Waals surface area (Å²) in [6.45, 7) is 1.68. The smallest absolute Gasteiger partial charge is 0.308 e. The van der Waals surface area contributed by atoms with E-state index in [9.17, 15) is 29.3 Å². The number of hydrogen-bond acceptors (Lipinski definition) is 8. The summed E-state index contributed by atoms with van der Waals surface area (Å²) < 4.78 is 2.13. The van der Waals surface area contributed by atoms with Crippen molar-refractivity contribution in [2.75, 3.05) is 10.2 Å². The quantitative estimate of drug-likeness (QED) is 0.168. The van der Waals surface area contributed by atoms with E-state index in [2.05, 4.69) is 21.2 Å². The molecule has 0 unspecified atom stereocenters. The van der Waals surface area contributed by atoms with Crippen LogP contribution in [0, 0.1) is 23.0 Å². The number of anilines is 2. The molecule has 0 bridgehead atoms. The van der Waals surface area contributed by atoms with Crippen LogP contribution >= 0.6 is 39.0 Å². The molecule has 212 valence electrons. The number of thiazole rings is 1. The molecule has 10 nitrogen and oxygen atoms in total. The average molecular weight is 666 g/mol. The van der Waals surface area contributed by atoms with Gasteiger partial charge in [0.05, 0.1) is 21.6 Å². The van der Waals surface area contributed by atoms with Crippen LogP contribution in [-0.2, 0) is 20.9 Å². The van der Waals surface area contributed by atoms with Gasteiger partial charge in [-0.05, 0) is 48.9 Å². The van der Waals surface area contributed by atoms with Crippen LogP contribution in [0.1, 0.15) is 21.9 Å². The van der Waals surface area contributed by atoms with Crippen LogP contribution in [0.2, 0.25) is 0 Å². The van der Waals surface area contributed by atoms with Gasteiger partial charge in [-0.1, -0.05) is 68.9 Å². The molecule has 3 amide bonds. The van der Waals surface area contributed by atoms with Crippen LogP contribution in [0.3, 0.4) is 0 Å². The fraction of sp³-hybridized carbons (Fsp3) is 0.172.